The van der Waals surface area contributed by atoms with E-state index in [1.54, 1.807) is 13.8 Å². The van der Waals surface area contributed by atoms with Crippen LogP contribution in [0.1, 0.15) is 59.8 Å². The highest BCUT2D eigenvalue weighted by Crippen LogP contribution is 2.09. The highest BCUT2D eigenvalue weighted by atomic mass is 16.4. The fraction of sp³-hybridized carbons (Fsp3) is 0.762. The summed E-state index contributed by atoms with van der Waals surface area (Å²) in [5.74, 6) is -4.25. The van der Waals surface area contributed by atoms with Gasteiger partial charge in [0.15, 0.2) is 0 Å². The van der Waals surface area contributed by atoms with Gasteiger partial charge in [-0.15, -0.1) is 0 Å². The van der Waals surface area contributed by atoms with Gasteiger partial charge < -0.3 is 38.3 Å². The van der Waals surface area contributed by atoms with Crippen LogP contribution in [0.5, 0.6) is 0 Å². The van der Waals surface area contributed by atoms with Crippen LogP contribution in [0.3, 0.4) is 0 Å². The number of carbonyl (C=O) groups is 5. The van der Waals surface area contributed by atoms with Crippen molar-refractivity contribution in [3.8, 4) is 0 Å². The Morgan fingerprint density at radius 3 is 1.88 bits per heavy atom. The smallest absolute Gasteiger partial charge is 0.326 e. The first-order valence-corrected chi connectivity index (χ1v) is 11.2. The second kappa shape index (κ2) is 15.2. The van der Waals surface area contributed by atoms with Crippen molar-refractivity contribution in [3.05, 3.63) is 0 Å². The zero-order valence-corrected chi connectivity index (χ0v) is 19.9. The molecule has 0 fully saturated rings. The van der Waals surface area contributed by atoms with E-state index in [0.717, 1.165) is 0 Å². The van der Waals surface area contributed by atoms with E-state index in [9.17, 15) is 29.1 Å². The van der Waals surface area contributed by atoms with Crippen molar-refractivity contribution in [2.75, 3.05) is 6.54 Å². The lowest BCUT2D eigenvalue weighted by atomic mass is 10.00. The zero-order chi connectivity index (χ0) is 25.7. The monoisotopic (exact) mass is 472 g/mol. The van der Waals surface area contributed by atoms with Crippen LogP contribution in [0, 0.1) is 11.8 Å². The van der Waals surface area contributed by atoms with Crippen LogP contribution in [0.4, 0.5) is 0 Å². The maximum Gasteiger partial charge on any atom is 0.326 e. The Kier molecular flexibility index (Phi) is 13.9. The summed E-state index contributed by atoms with van der Waals surface area (Å²) in [6.07, 6.45) is 1.23. The van der Waals surface area contributed by atoms with Crippen LogP contribution in [0.2, 0.25) is 0 Å². The molecule has 190 valence electrons. The maximum absolute atomic E-state index is 12.9. The maximum atomic E-state index is 12.9. The van der Waals surface area contributed by atoms with Crippen molar-refractivity contribution >= 4 is 29.6 Å². The standard InChI is InChI=1S/C21H40N6O6/c1-11(2)9-15(21(32)33)26-19(30)14(7-5-6-8-22)25-20(31)17(12(3)4)27-18(29)13(23)10-16(24)28/h11-15,17H,5-10,22-23H2,1-4H3,(H2,24,28)(H,25,31)(H,26,30)(H,27,29)(H,32,33). The van der Waals surface area contributed by atoms with E-state index in [0.29, 0.717) is 19.4 Å². The molecule has 0 radical (unpaired) electrons. The molecule has 0 spiro atoms. The lowest BCUT2D eigenvalue weighted by molar-refractivity contribution is -0.143. The third-order valence-electron chi connectivity index (χ3n) is 4.91. The Morgan fingerprint density at radius 2 is 1.42 bits per heavy atom. The topological polar surface area (TPSA) is 220 Å². The summed E-state index contributed by atoms with van der Waals surface area (Å²) >= 11 is 0. The number of rotatable bonds is 16. The van der Waals surface area contributed by atoms with Crippen LogP contribution in [-0.4, -0.2) is 65.4 Å². The summed E-state index contributed by atoms with van der Waals surface area (Å²) in [4.78, 5) is 60.6. The van der Waals surface area contributed by atoms with Gasteiger partial charge in [0.1, 0.15) is 18.1 Å². The van der Waals surface area contributed by atoms with Gasteiger partial charge in [-0.1, -0.05) is 27.7 Å². The number of primary amides is 1. The predicted molar refractivity (Wildman–Crippen MR) is 122 cm³/mol. The largest absolute Gasteiger partial charge is 0.480 e. The van der Waals surface area contributed by atoms with Crippen LogP contribution in [0.25, 0.3) is 0 Å². The second-order valence-corrected chi connectivity index (χ2v) is 8.88. The van der Waals surface area contributed by atoms with Crippen molar-refractivity contribution in [2.24, 2.45) is 29.0 Å². The summed E-state index contributed by atoms with van der Waals surface area (Å²) in [5.41, 5.74) is 16.2. The Bertz CT molecular complexity index is 684. The average molecular weight is 473 g/mol. The number of carboxylic acid groups (broad SMARTS) is 1. The number of hydrogen-bond acceptors (Lipinski definition) is 7. The number of unbranched alkanes of at least 4 members (excludes halogenated alkanes) is 1. The van der Waals surface area contributed by atoms with Crippen molar-refractivity contribution in [2.45, 2.75) is 84.0 Å². The molecule has 0 saturated carbocycles. The molecular weight excluding hydrogens is 432 g/mol. The van der Waals surface area contributed by atoms with E-state index in [1.807, 2.05) is 13.8 Å². The summed E-state index contributed by atoms with van der Waals surface area (Å²) < 4.78 is 0. The minimum absolute atomic E-state index is 0.0295. The number of aliphatic carboxylic acids is 1. The Balaban J connectivity index is 5.45. The number of nitrogens with two attached hydrogens (primary N) is 3. The molecule has 33 heavy (non-hydrogen) atoms. The molecule has 0 aromatic rings. The molecule has 0 aliphatic rings. The minimum atomic E-state index is -1.22. The normalized spacial score (nSPS) is 14.8. The van der Waals surface area contributed by atoms with E-state index < -0.39 is 53.8 Å². The molecular formula is C21H40N6O6. The predicted octanol–water partition coefficient (Wildman–Crippen LogP) is -1.44. The molecule has 4 unspecified atom stereocenters. The van der Waals surface area contributed by atoms with Crippen LogP contribution in [-0.2, 0) is 24.0 Å². The van der Waals surface area contributed by atoms with E-state index in [1.165, 1.54) is 0 Å². The highest BCUT2D eigenvalue weighted by molar-refractivity contribution is 5.95. The molecule has 12 nitrogen and oxygen atoms in total. The summed E-state index contributed by atoms with van der Waals surface area (Å²) in [7, 11) is 0. The molecule has 4 atom stereocenters. The van der Waals surface area contributed by atoms with E-state index in [2.05, 4.69) is 16.0 Å². The van der Waals surface area contributed by atoms with Crippen LogP contribution in [0.15, 0.2) is 0 Å². The van der Waals surface area contributed by atoms with Crippen molar-refractivity contribution < 1.29 is 29.1 Å². The molecule has 10 N–H and O–H groups in total. The molecule has 0 aromatic carbocycles. The molecule has 0 rings (SSSR count). The van der Waals surface area contributed by atoms with Crippen LogP contribution < -0.4 is 33.2 Å². The number of hydrogen-bond donors (Lipinski definition) is 7. The van der Waals surface area contributed by atoms with Gasteiger partial charge >= 0.3 is 5.97 Å². The first-order valence-electron chi connectivity index (χ1n) is 11.2. The van der Waals surface area contributed by atoms with Gasteiger partial charge in [-0.3, -0.25) is 19.2 Å². The number of carboxylic acids is 1. The number of nitrogens with one attached hydrogen (secondary N) is 3. The molecule has 0 aromatic heterocycles. The lowest BCUT2D eigenvalue weighted by Crippen LogP contribution is -2.58. The van der Waals surface area contributed by atoms with E-state index in [4.69, 9.17) is 17.2 Å². The molecule has 0 bridgehead atoms. The fourth-order valence-corrected chi connectivity index (χ4v) is 3.09. The fourth-order valence-electron chi connectivity index (χ4n) is 3.09. The lowest BCUT2D eigenvalue weighted by Gasteiger charge is -2.27. The molecule has 4 amide bonds. The van der Waals surface area contributed by atoms with Crippen molar-refractivity contribution in [1.29, 1.82) is 0 Å². The quantitative estimate of drug-likeness (QED) is 0.131. The molecule has 0 aliphatic carbocycles. The van der Waals surface area contributed by atoms with Gasteiger partial charge in [0.05, 0.1) is 12.5 Å². The minimum Gasteiger partial charge on any atom is -0.480 e. The zero-order valence-electron chi connectivity index (χ0n) is 19.9. The van der Waals surface area contributed by atoms with E-state index in [-0.39, 0.29) is 31.1 Å². The third kappa shape index (κ3) is 12.2. The van der Waals surface area contributed by atoms with Gasteiger partial charge in [0, 0.05) is 0 Å². The number of carbonyl (C=O) groups excluding carboxylic acids is 4. The summed E-state index contributed by atoms with van der Waals surface area (Å²) in [5, 5.41) is 17.0. The Morgan fingerprint density at radius 1 is 0.848 bits per heavy atom. The molecule has 0 heterocycles. The van der Waals surface area contributed by atoms with Gasteiger partial charge in [0.25, 0.3) is 0 Å². The molecule has 12 heteroatoms. The van der Waals surface area contributed by atoms with Gasteiger partial charge in [-0.2, -0.15) is 0 Å². The van der Waals surface area contributed by atoms with Crippen LogP contribution >= 0.6 is 0 Å². The summed E-state index contributed by atoms with van der Waals surface area (Å²) in [6.45, 7) is 7.45. The SMILES string of the molecule is CC(C)CC(NC(=O)C(CCCCN)NC(=O)C(NC(=O)C(N)CC(N)=O)C(C)C)C(=O)O. The van der Waals surface area contributed by atoms with Gasteiger partial charge in [-0.05, 0) is 44.1 Å². The van der Waals surface area contributed by atoms with Gasteiger partial charge in [-0.25, -0.2) is 4.79 Å². The highest BCUT2D eigenvalue weighted by Gasteiger charge is 2.31. The average Bonchev–Trinajstić information content (AvgIpc) is 2.69. The summed E-state index contributed by atoms with van der Waals surface area (Å²) in [6, 6.07) is -4.37. The second-order valence-electron chi connectivity index (χ2n) is 8.88. The Labute approximate surface area is 194 Å². The first kappa shape index (κ1) is 30.3. The van der Waals surface area contributed by atoms with Gasteiger partial charge in [0.2, 0.25) is 23.6 Å². The van der Waals surface area contributed by atoms with Crippen molar-refractivity contribution in [3.63, 3.8) is 0 Å². The van der Waals surface area contributed by atoms with E-state index >= 15 is 0 Å². The first-order chi connectivity index (χ1) is 15.3. The third-order valence-corrected chi connectivity index (χ3v) is 4.91. The Hall–Kier alpha value is -2.73. The van der Waals surface area contributed by atoms with Crippen molar-refractivity contribution in [1.82, 2.24) is 16.0 Å². The molecule has 0 aliphatic heterocycles. The number of amides is 4. The molecule has 0 saturated heterocycles.